The van der Waals surface area contributed by atoms with Crippen molar-refractivity contribution in [2.75, 3.05) is 0 Å². The summed E-state index contributed by atoms with van der Waals surface area (Å²) in [6.07, 6.45) is 0. The molecule has 0 unspecified atom stereocenters. The van der Waals surface area contributed by atoms with Crippen molar-refractivity contribution in [3.8, 4) is 17.1 Å². The maximum atomic E-state index is 6.92. The SMILES string of the molecule is Cc1ccc2c(oc3cc4n[c]([Ge]([CH3])([CH3])[CH3])sc4cc32)c1-c1n(-c2c(C(C)C)cc(C(C)C)cc2C(C)C)c2ccccc2[n+]1C. The van der Waals surface area contributed by atoms with Crippen LogP contribution in [0, 0.1) is 6.92 Å². The van der Waals surface area contributed by atoms with E-state index in [2.05, 4.69) is 143 Å². The number of rotatable bonds is 6. The first-order valence-electron chi connectivity index (χ1n) is 16.7. The number of para-hydroxylation sites is 2. The molecule has 7 aromatic rings. The number of imidazole rings is 1. The van der Waals surface area contributed by atoms with Gasteiger partial charge in [-0.2, -0.15) is 0 Å². The zero-order chi connectivity index (χ0) is 32.8. The number of hydrogen-bond acceptors (Lipinski definition) is 3. The molecule has 0 saturated carbocycles. The maximum absolute atomic E-state index is 6.92. The number of fused-ring (bicyclic) bond motifs is 5. The molecule has 6 heteroatoms. The van der Waals surface area contributed by atoms with E-state index in [-0.39, 0.29) is 0 Å². The molecule has 4 nitrogen and oxygen atoms in total. The van der Waals surface area contributed by atoms with Gasteiger partial charge in [0.25, 0.3) is 0 Å². The molecule has 236 valence electrons. The Kier molecular flexibility index (Phi) is 7.52. The van der Waals surface area contributed by atoms with Crippen LogP contribution in [-0.4, -0.2) is 22.8 Å². The summed E-state index contributed by atoms with van der Waals surface area (Å²) in [5, 5.41) is 2.32. The number of nitrogens with zero attached hydrogens (tertiary/aromatic N) is 3. The summed E-state index contributed by atoms with van der Waals surface area (Å²) < 4.78 is 14.4. The molecule has 0 N–H and O–H groups in total. The molecule has 3 heterocycles. The summed E-state index contributed by atoms with van der Waals surface area (Å²) >= 11 is -0.171. The molecule has 3 aromatic heterocycles. The first-order valence-corrected chi connectivity index (χ1v) is 24.9. The minimum absolute atomic E-state index is 0.358. The van der Waals surface area contributed by atoms with Crippen LogP contribution < -0.4 is 8.41 Å². The monoisotopic (exact) mass is 690 g/mol. The van der Waals surface area contributed by atoms with Gasteiger partial charge in [-0.05, 0) is 23.3 Å². The van der Waals surface area contributed by atoms with E-state index < -0.39 is 13.3 Å². The fourth-order valence-electron chi connectivity index (χ4n) is 6.95. The van der Waals surface area contributed by atoms with Crippen LogP contribution in [0.4, 0.5) is 0 Å². The van der Waals surface area contributed by atoms with Crippen molar-refractivity contribution >= 4 is 71.6 Å². The van der Waals surface area contributed by atoms with Gasteiger partial charge in [-0.1, -0.05) is 65.8 Å². The Morgan fingerprint density at radius 1 is 0.826 bits per heavy atom. The fraction of sp³-hybridized carbons (Fsp3) is 0.350. The second kappa shape index (κ2) is 11.1. The predicted molar refractivity (Wildman–Crippen MR) is 200 cm³/mol. The van der Waals surface area contributed by atoms with Crippen LogP contribution in [0.5, 0.6) is 0 Å². The summed E-state index contributed by atoms with van der Waals surface area (Å²) in [5.74, 6) is 9.56. The standard InChI is InChI=1S/C40H46GeN3OS/c1-22(2)26-18-28(23(3)4)37(29(19-26)24(5)6)44-33-15-13-12-14-32(33)43(11)39(44)36-25(7)16-17-27-30-20-35-31(21-34(30)45-38(27)36)42-40(46-35)41(8,9)10/h12-24H,1-11H3/q+1. The fourth-order valence-corrected chi connectivity index (χ4v) is 11.6. The van der Waals surface area contributed by atoms with Gasteiger partial charge in [-0.25, -0.2) is 0 Å². The minimum atomic E-state index is -2.04. The van der Waals surface area contributed by atoms with Crippen molar-refractivity contribution in [2.24, 2.45) is 7.05 Å². The van der Waals surface area contributed by atoms with Gasteiger partial charge in [0.05, 0.1) is 0 Å². The predicted octanol–water partition coefficient (Wildman–Crippen LogP) is 10.9. The van der Waals surface area contributed by atoms with E-state index in [9.17, 15) is 0 Å². The van der Waals surface area contributed by atoms with E-state index in [1.807, 2.05) is 11.3 Å². The van der Waals surface area contributed by atoms with Crippen LogP contribution in [0.3, 0.4) is 0 Å². The van der Waals surface area contributed by atoms with Crippen LogP contribution in [0.25, 0.3) is 60.3 Å². The Morgan fingerprint density at radius 2 is 1.50 bits per heavy atom. The van der Waals surface area contributed by atoms with Crippen LogP contribution in [0.1, 0.15) is 81.5 Å². The Hall–Kier alpha value is -3.42. The van der Waals surface area contributed by atoms with Crippen molar-refractivity contribution in [3.63, 3.8) is 0 Å². The molecule has 0 fully saturated rings. The zero-order valence-electron chi connectivity index (χ0n) is 29.2. The molecule has 0 aliphatic carbocycles. The Balaban J connectivity index is 1.61. The molecule has 0 amide bonds. The van der Waals surface area contributed by atoms with Crippen molar-refractivity contribution in [3.05, 3.63) is 82.9 Å². The molecular weight excluding hydrogens is 643 g/mol. The first-order chi connectivity index (χ1) is 21.8. The van der Waals surface area contributed by atoms with Gasteiger partial charge in [0.1, 0.15) is 0 Å². The zero-order valence-corrected chi connectivity index (χ0v) is 32.1. The number of hydrogen-bond donors (Lipinski definition) is 0. The average Bonchev–Trinajstić information content (AvgIpc) is 3.66. The number of furan rings is 1. The number of thiazole rings is 1. The number of benzene rings is 4. The topological polar surface area (TPSA) is 34.8 Å². The number of aryl methyl sites for hydroxylation is 2. The number of aromatic nitrogens is 3. The van der Waals surface area contributed by atoms with E-state index in [0.29, 0.717) is 17.8 Å². The van der Waals surface area contributed by atoms with Gasteiger partial charge < -0.3 is 0 Å². The third-order valence-electron chi connectivity index (χ3n) is 9.56. The Morgan fingerprint density at radius 3 is 2.13 bits per heavy atom. The van der Waals surface area contributed by atoms with Gasteiger partial charge in [0, 0.05) is 0 Å². The third-order valence-corrected chi connectivity index (χ3v) is 17.1. The van der Waals surface area contributed by atoms with Crippen molar-refractivity contribution in [2.45, 2.75) is 83.5 Å². The molecule has 0 saturated heterocycles. The molecule has 0 radical (unpaired) electrons. The molecule has 0 aliphatic heterocycles. The van der Waals surface area contributed by atoms with Crippen molar-refractivity contribution in [1.82, 2.24) is 9.55 Å². The van der Waals surface area contributed by atoms with E-state index in [0.717, 1.165) is 38.8 Å². The molecule has 0 bridgehead atoms. The average molecular weight is 690 g/mol. The molecule has 0 atom stereocenters. The second-order valence-electron chi connectivity index (χ2n) is 15.0. The molecule has 0 aliphatic rings. The van der Waals surface area contributed by atoms with Crippen LogP contribution >= 0.6 is 11.3 Å². The quantitative estimate of drug-likeness (QED) is 0.129. The Labute approximate surface area is 279 Å². The van der Waals surface area contributed by atoms with Crippen molar-refractivity contribution < 1.29 is 8.98 Å². The Bertz CT molecular complexity index is 2280. The van der Waals surface area contributed by atoms with E-state index in [1.54, 1.807) is 0 Å². The molecule has 7 rings (SSSR count). The van der Waals surface area contributed by atoms with E-state index in [1.165, 1.54) is 47.5 Å². The summed E-state index contributed by atoms with van der Waals surface area (Å²) in [4.78, 5) is 5.10. The normalized spacial score (nSPS) is 12.8. The third kappa shape index (κ3) is 4.84. The van der Waals surface area contributed by atoms with Crippen LogP contribution in [0.15, 0.2) is 65.1 Å². The molecular formula is C40H46GeN3OS+. The molecule has 0 spiro atoms. The van der Waals surface area contributed by atoms with Gasteiger partial charge in [0.15, 0.2) is 0 Å². The van der Waals surface area contributed by atoms with Gasteiger partial charge >= 0.3 is 192 Å². The molecule has 4 aromatic carbocycles. The second-order valence-corrected chi connectivity index (χ2v) is 27.3. The van der Waals surface area contributed by atoms with Gasteiger partial charge in [0.2, 0.25) is 0 Å². The summed E-state index contributed by atoms with van der Waals surface area (Å²) in [5.41, 5.74) is 13.1. The summed E-state index contributed by atoms with van der Waals surface area (Å²) in [6.45, 7) is 16.2. The van der Waals surface area contributed by atoms with E-state index >= 15 is 0 Å². The van der Waals surface area contributed by atoms with Crippen LogP contribution in [0.2, 0.25) is 17.3 Å². The van der Waals surface area contributed by atoms with Gasteiger partial charge in [-0.15, -0.1) is 0 Å². The summed E-state index contributed by atoms with van der Waals surface area (Å²) in [7, 11) is 2.21. The first kappa shape index (κ1) is 31.2. The summed E-state index contributed by atoms with van der Waals surface area (Å²) in [6, 6.07) is 22.8. The van der Waals surface area contributed by atoms with Crippen molar-refractivity contribution in [1.29, 1.82) is 0 Å². The van der Waals surface area contributed by atoms with Crippen LogP contribution in [-0.2, 0) is 7.05 Å². The van der Waals surface area contributed by atoms with Gasteiger partial charge in [-0.3, -0.25) is 0 Å². The molecule has 46 heavy (non-hydrogen) atoms. The van der Waals surface area contributed by atoms with E-state index in [4.69, 9.17) is 9.40 Å².